The first-order chi connectivity index (χ1) is 27.3. The molecule has 0 fully saturated rings. The Morgan fingerprint density at radius 1 is 0.482 bits per heavy atom. The molecule has 0 aromatic rings. The van der Waals surface area contributed by atoms with Crippen molar-refractivity contribution < 1.29 is 37.9 Å². The van der Waals surface area contributed by atoms with E-state index >= 15 is 0 Å². The number of carbonyl (C=O) groups is 2. The van der Waals surface area contributed by atoms with Gasteiger partial charge in [0.2, 0.25) is 0 Å². The maximum atomic E-state index is 12.4. The van der Waals surface area contributed by atoms with Gasteiger partial charge in [-0.1, -0.05) is 160 Å². The fraction of sp³-hybridized carbons (Fsp3) is 0.489. The first kappa shape index (κ1) is 52.2. The molecule has 0 heterocycles. The maximum absolute atomic E-state index is 12.4. The second kappa shape index (κ2) is 40.8. The van der Waals surface area contributed by atoms with Crippen molar-refractivity contribution in [1.29, 1.82) is 0 Å². The zero-order chi connectivity index (χ0) is 41.1. The number of ether oxygens (including phenoxy) is 2. The van der Waals surface area contributed by atoms with Crippen LogP contribution < -0.4 is 0 Å². The van der Waals surface area contributed by atoms with Gasteiger partial charge >= 0.3 is 19.8 Å². The summed E-state index contributed by atoms with van der Waals surface area (Å²) in [5, 5.41) is 0. The van der Waals surface area contributed by atoms with Crippen LogP contribution in [0.1, 0.15) is 129 Å². The molecule has 0 saturated heterocycles. The lowest BCUT2D eigenvalue weighted by molar-refractivity contribution is -0.161. The Hall–Kier alpha value is -3.81. The second-order valence-electron chi connectivity index (χ2n) is 12.9. The molecule has 312 valence electrons. The number of phosphoric acid groups is 1. The van der Waals surface area contributed by atoms with E-state index in [0.29, 0.717) is 12.8 Å². The highest BCUT2D eigenvalue weighted by atomic mass is 31.2. The summed E-state index contributed by atoms with van der Waals surface area (Å²) in [6, 6.07) is 0. The number of carbonyl (C=O) groups excluding carboxylic acids is 2. The van der Waals surface area contributed by atoms with Crippen LogP contribution in [0.2, 0.25) is 0 Å². The van der Waals surface area contributed by atoms with E-state index in [1.165, 1.54) is 25.7 Å². The Labute approximate surface area is 339 Å². The summed E-state index contributed by atoms with van der Waals surface area (Å²) in [6.07, 6.45) is 60.5. The molecule has 0 amide bonds. The summed E-state index contributed by atoms with van der Waals surface area (Å²) < 4.78 is 26.2. The van der Waals surface area contributed by atoms with Crippen LogP contribution >= 0.6 is 7.82 Å². The van der Waals surface area contributed by atoms with Crippen molar-refractivity contribution in [3.63, 3.8) is 0 Å². The monoisotopic (exact) mass is 794 g/mol. The molecule has 0 spiro atoms. The minimum absolute atomic E-state index is 0.0623. The fourth-order valence-electron chi connectivity index (χ4n) is 4.67. The third-order valence-corrected chi connectivity index (χ3v) is 8.17. The molecular weight excluding hydrogens is 723 g/mol. The van der Waals surface area contributed by atoms with Crippen molar-refractivity contribution in [3.05, 3.63) is 134 Å². The molecule has 0 aliphatic carbocycles. The van der Waals surface area contributed by atoms with Gasteiger partial charge in [-0.05, 0) is 89.9 Å². The first-order valence-corrected chi connectivity index (χ1v) is 22.0. The Balaban J connectivity index is 4.22. The Bertz CT molecular complexity index is 1350. The molecule has 0 unspecified atom stereocenters. The zero-order valence-electron chi connectivity index (χ0n) is 34.2. The lowest BCUT2D eigenvalue weighted by atomic mass is 10.2. The minimum Gasteiger partial charge on any atom is -0.462 e. The average Bonchev–Trinajstić information content (AvgIpc) is 3.17. The topological polar surface area (TPSA) is 119 Å². The normalized spacial score (nSPS) is 13.9. The number of esters is 2. The van der Waals surface area contributed by atoms with Crippen molar-refractivity contribution >= 4 is 19.8 Å². The van der Waals surface area contributed by atoms with Gasteiger partial charge in [0.1, 0.15) is 6.61 Å². The Morgan fingerprint density at radius 3 is 1.21 bits per heavy atom. The molecule has 0 aliphatic heterocycles. The smallest absolute Gasteiger partial charge is 0.462 e. The van der Waals surface area contributed by atoms with E-state index in [-0.39, 0.29) is 19.4 Å². The van der Waals surface area contributed by atoms with Gasteiger partial charge < -0.3 is 19.3 Å². The van der Waals surface area contributed by atoms with Gasteiger partial charge in [0.25, 0.3) is 0 Å². The van der Waals surface area contributed by atoms with Crippen LogP contribution in [0.4, 0.5) is 0 Å². The van der Waals surface area contributed by atoms with Gasteiger partial charge in [0.05, 0.1) is 6.61 Å². The predicted molar refractivity (Wildman–Crippen MR) is 234 cm³/mol. The van der Waals surface area contributed by atoms with E-state index in [0.717, 1.165) is 64.2 Å². The lowest BCUT2D eigenvalue weighted by Gasteiger charge is -2.18. The van der Waals surface area contributed by atoms with Gasteiger partial charge in [-0.2, -0.15) is 0 Å². The molecule has 2 N–H and O–H groups in total. The minimum atomic E-state index is -4.80. The molecule has 8 nitrogen and oxygen atoms in total. The SMILES string of the molecule is CC/C=C\C/C=C\C/C=C\C/C=C\C/C=C\C/C=C\CCC(=O)O[C@H](COC(=O)CC/C=C\C/C=C\C/C=C\C/C=C\C/C=C\CCCCC)COP(=O)(O)O. The third kappa shape index (κ3) is 42.9. The highest BCUT2D eigenvalue weighted by Gasteiger charge is 2.22. The summed E-state index contributed by atoms with van der Waals surface area (Å²) >= 11 is 0. The number of hydrogen-bond donors (Lipinski definition) is 2. The van der Waals surface area contributed by atoms with Crippen LogP contribution in [0.3, 0.4) is 0 Å². The number of rotatable bonds is 35. The molecule has 0 aromatic carbocycles. The number of hydrogen-bond acceptors (Lipinski definition) is 6. The van der Waals surface area contributed by atoms with Crippen molar-refractivity contribution in [2.45, 2.75) is 136 Å². The van der Waals surface area contributed by atoms with Gasteiger partial charge in [-0.25, -0.2) is 4.57 Å². The third-order valence-electron chi connectivity index (χ3n) is 7.68. The van der Waals surface area contributed by atoms with Crippen LogP contribution in [0.25, 0.3) is 0 Å². The van der Waals surface area contributed by atoms with Gasteiger partial charge in [0.15, 0.2) is 6.10 Å². The van der Waals surface area contributed by atoms with Crippen LogP contribution in [0.5, 0.6) is 0 Å². The molecule has 0 saturated carbocycles. The predicted octanol–water partition coefficient (Wildman–Crippen LogP) is 12.7. The Kier molecular flexibility index (Phi) is 38.1. The average molecular weight is 795 g/mol. The van der Waals surface area contributed by atoms with E-state index in [4.69, 9.17) is 19.3 Å². The molecule has 9 heteroatoms. The van der Waals surface area contributed by atoms with E-state index in [1.807, 2.05) is 24.3 Å². The number of unbranched alkanes of at least 4 members (excludes halogenated alkanes) is 3. The quantitative estimate of drug-likeness (QED) is 0.0282. The molecule has 56 heavy (non-hydrogen) atoms. The van der Waals surface area contributed by atoms with Gasteiger partial charge in [-0.3, -0.25) is 14.1 Å². The highest BCUT2D eigenvalue weighted by Crippen LogP contribution is 2.35. The van der Waals surface area contributed by atoms with Crippen LogP contribution in [0, 0.1) is 0 Å². The molecule has 0 aromatic heterocycles. The summed E-state index contributed by atoms with van der Waals surface area (Å²) in [4.78, 5) is 42.8. The largest absolute Gasteiger partial charge is 0.469 e. The summed E-state index contributed by atoms with van der Waals surface area (Å²) in [5.74, 6) is -1.10. The molecule has 0 aliphatic rings. The maximum Gasteiger partial charge on any atom is 0.469 e. The molecule has 0 bridgehead atoms. The zero-order valence-corrected chi connectivity index (χ0v) is 35.1. The highest BCUT2D eigenvalue weighted by molar-refractivity contribution is 7.46. The van der Waals surface area contributed by atoms with Gasteiger partial charge in [-0.15, -0.1) is 0 Å². The molecule has 0 rings (SSSR count). The van der Waals surface area contributed by atoms with Crippen LogP contribution in [0.15, 0.2) is 134 Å². The van der Waals surface area contributed by atoms with Crippen LogP contribution in [-0.2, 0) is 28.2 Å². The van der Waals surface area contributed by atoms with Crippen molar-refractivity contribution in [2.75, 3.05) is 13.2 Å². The van der Waals surface area contributed by atoms with Crippen molar-refractivity contribution in [2.24, 2.45) is 0 Å². The van der Waals surface area contributed by atoms with E-state index in [1.54, 1.807) is 0 Å². The fourth-order valence-corrected chi connectivity index (χ4v) is 5.03. The standard InChI is InChI=1S/C47H71O8P/c1-3-5-7-9-11-13-15-17-19-21-23-25-27-29-31-33-35-37-39-41-46(48)53-43-45(44-54-56(50,51)52)55-47(49)42-40-38-36-34-32-30-28-26-24-22-20-18-16-14-12-10-8-6-4-2/h6,8,11-14,17-20,23-26,29-32,35-38,45H,3-5,7,9-10,15-16,21-22,27-28,33-34,39-44H2,1-2H3,(H2,50,51,52)/b8-6-,13-11-,14-12-,19-17-,20-18-,25-23-,26-24-,31-29-,32-30-,37-35-,38-36-/t45-/m1/s1. The number of phosphoric ester groups is 1. The van der Waals surface area contributed by atoms with Crippen molar-refractivity contribution in [1.82, 2.24) is 0 Å². The van der Waals surface area contributed by atoms with Crippen LogP contribution in [-0.4, -0.2) is 41.0 Å². The summed E-state index contributed by atoms with van der Waals surface area (Å²) in [7, 11) is -4.80. The van der Waals surface area contributed by atoms with E-state index in [2.05, 4.69) is 128 Å². The first-order valence-electron chi connectivity index (χ1n) is 20.5. The summed E-state index contributed by atoms with van der Waals surface area (Å²) in [6.45, 7) is 3.39. The van der Waals surface area contributed by atoms with Gasteiger partial charge in [0, 0.05) is 12.8 Å². The number of allylic oxidation sites excluding steroid dienone is 22. The van der Waals surface area contributed by atoms with E-state index < -0.39 is 32.5 Å². The van der Waals surface area contributed by atoms with Crippen molar-refractivity contribution in [3.8, 4) is 0 Å². The second-order valence-corrected chi connectivity index (χ2v) is 14.1. The molecule has 1 atom stereocenters. The molecular formula is C47H71O8P. The Morgan fingerprint density at radius 2 is 0.839 bits per heavy atom. The van der Waals surface area contributed by atoms with E-state index in [9.17, 15) is 14.2 Å². The summed E-state index contributed by atoms with van der Waals surface area (Å²) in [5.41, 5.74) is 0. The lowest BCUT2D eigenvalue weighted by Crippen LogP contribution is -2.29. The molecule has 0 radical (unpaired) electrons.